The van der Waals surface area contributed by atoms with Crippen molar-refractivity contribution < 1.29 is 4.57 Å². The summed E-state index contributed by atoms with van der Waals surface area (Å²) < 4.78 is 5.89. The van der Waals surface area contributed by atoms with E-state index in [0.717, 1.165) is 17.3 Å². The summed E-state index contributed by atoms with van der Waals surface area (Å²) in [6.07, 6.45) is 4.39. The Balaban J connectivity index is 0.00000192. The predicted molar refractivity (Wildman–Crippen MR) is 123 cm³/mol. The van der Waals surface area contributed by atoms with Gasteiger partial charge in [0.15, 0.2) is 5.69 Å². The third-order valence-corrected chi connectivity index (χ3v) is 5.86. The van der Waals surface area contributed by atoms with Gasteiger partial charge in [0.1, 0.15) is 17.6 Å². The quantitative estimate of drug-likeness (QED) is 0.293. The first kappa shape index (κ1) is 19.2. The number of hydrogen-bond acceptors (Lipinski definition) is 0. The molecule has 4 heteroatoms. The van der Waals surface area contributed by atoms with Crippen molar-refractivity contribution in [2.45, 2.75) is 19.8 Å². The Morgan fingerprint density at radius 2 is 1.57 bits per heavy atom. The van der Waals surface area contributed by atoms with Crippen molar-refractivity contribution in [2.24, 2.45) is 0 Å². The van der Waals surface area contributed by atoms with Gasteiger partial charge in [-0.1, -0.05) is 51.8 Å². The molecule has 2 nitrogen and oxygen atoms in total. The van der Waals surface area contributed by atoms with Gasteiger partial charge in [-0.3, -0.25) is 0 Å². The molecule has 0 unspecified atom stereocenters. The van der Waals surface area contributed by atoms with E-state index >= 15 is 0 Å². The van der Waals surface area contributed by atoms with Crippen LogP contribution in [0.1, 0.15) is 17.0 Å². The molecule has 0 saturated carbocycles. The van der Waals surface area contributed by atoms with Crippen molar-refractivity contribution in [1.29, 1.82) is 0 Å². The van der Waals surface area contributed by atoms with E-state index < -0.39 is 0 Å². The minimum absolute atomic E-state index is 0. The minimum atomic E-state index is 0. The molecular weight excluding hydrogens is 476 g/mol. The first-order valence-corrected chi connectivity index (χ1v) is 10.1. The fourth-order valence-corrected chi connectivity index (χ4v) is 4.22. The summed E-state index contributed by atoms with van der Waals surface area (Å²) in [7, 11) is 0. The van der Waals surface area contributed by atoms with Gasteiger partial charge in [-0.05, 0) is 61.4 Å². The maximum absolute atomic E-state index is 3.56. The highest BCUT2D eigenvalue weighted by Gasteiger charge is 2.31. The highest BCUT2D eigenvalue weighted by atomic mass is 79.9. The Morgan fingerprint density at radius 1 is 0.857 bits per heavy atom. The number of aromatic nitrogens is 2. The molecule has 0 bridgehead atoms. The number of fused-ring (bicyclic) bond motifs is 3. The zero-order chi connectivity index (χ0) is 18.4. The van der Waals surface area contributed by atoms with Crippen molar-refractivity contribution in [1.82, 2.24) is 4.57 Å². The van der Waals surface area contributed by atoms with Crippen LogP contribution < -0.4 is 4.57 Å². The maximum Gasteiger partial charge on any atom is 0.267 e. The predicted octanol–water partition coefficient (Wildman–Crippen LogP) is 6.17. The number of nitrogens with zero attached hydrogens (tertiary/aromatic N) is 2. The first-order valence-electron chi connectivity index (χ1n) is 9.28. The second-order valence-corrected chi connectivity index (χ2v) is 8.02. The lowest BCUT2D eigenvalue weighted by Gasteiger charge is -2.14. The van der Waals surface area contributed by atoms with E-state index in [1.807, 2.05) is 0 Å². The summed E-state index contributed by atoms with van der Waals surface area (Å²) in [4.78, 5) is 0. The topological polar surface area (TPSA) is 8.81 Å². The number of para-hydroxylation sites is 1. The summed E-state index contributed by atoms with van der Waals surface area (Å²) in [6, 6.07) is 26.1. The van der Waals surface area contributed by atoms with Crippen LogP contribution in [0.3, 0.4) is 0 Å². The molecule has 3 aromatic carbocycles. The fraction of sp³-hybridized carbons (Fsp3) is 0.125. The van der Waals surface area contributed by atoms with E-state index in [4.69, 9.17) is 0 Å². The molecule has 140 valence electrons. The molecule has 0 amide bonds. The number of rotatable bonds is 2. The summed E-state index contributed by atoms with van der Waals surface area (Å²) in [5.41, 5.74) is 7.65. The molecule has 1 aromatic heterocycles. The van der Waals surface area contributed by atoms with Crippen LogP contribution in [0.25, 0.3) is 22.6 Å². The molecule has 0 fully saturated rings. The smallest absolute Gasteiger partial charge is 0.198 e. The second kappa shape index (κ2) is 7.69. The first-order chi connectivity index (χ1) is 13.2. The zero-order valence-corrected chi connectivity index (χ0v) is 18.9. The van der Waals surface area contributed by atoms with E-state index in [-0.39, 0.29) is 17.0 Å². The molecule has 0 aliphatic carbocycles. The number of imidazole rings is 1. The van der Waals surface area contributed by atoms with Gasteiger partial charge in [-0.15, -0.1) is 17.0 Å². The summed E-state index contributed by atoms with van der Waals surface area (Å²) in [5, 5.41) is 0. The third kappa shape index (κ3) is 3.25. The van der Waals surface area contributed by atoms with Gasteiger partial charge in [0.2, 0.25) is 0 Å². The summed E-state index contributed by atoms with van der Waals surface area (Å²) in [5.74, 6) is 1.33. The normalized spacial score (nSPS) is 12.1. The van der Waals surface area contributed by atoms with E-state index in [9.17, 15) is 0 Å². The number of halogens is 2. The second-order valence-electron chi connectivity index (χ2n) is 7.11. The maximum atomic E-state index is 3.56. The van der Waals surface area contributed by atoms with Crippen LogP contribution in [0.5, 0.6) is 0 Å². The van der Waals surface area contributed by atoms with Crippen LogP contribution in [-0.4, -0.2) is 4.57 Å². The lowest BCUT2D eigenvalue weighted by Crippen LogP contribution is -2.39. The Morgan fingerprint density at radius 3 is 2.32 bits per heavy atom. The molecule has 0 atom stereocenters. The van der Waals surface area contributed by atoms with E-state index in [1.165, 1.54) is 39.6 Å². The molecule has 1 aliphatic rings. The van der Waals surface area contributed by atoms with Gasteiger partial charge >= 0.3 is 0 Å². The van der Waals surface area contributed by atoms with Crippen molar-refractivity contribution in [3.8, 4) is 22.6 Å². The van der Waals surface area contributed by atoms with E-state index in [1.54, 1.807) is 0 Å². The van der Waals surface area contributed by atoms with Gasteiger partial charge in [0.05, 0.1) is 6.42 Å². The molecule has 2 heterocycles. The van der Waals surface area contributed by atoms with Crippen LogP contribution in [0.2, 0.25) is 0 Å². The Kier molecular flexibility index (Phi) is 5.26. The molecule has 5 rings (SSSR count). The van der Waals surface area contributed by atoms with Gasteiger partial charge in [0, 0.05) is 10.0 Å². The van der Waals surface area contributed by atoms with E-state index in [0.29, 0.717) is 0 Å². The Labute approximate surface area is 184 Å². The standard InChI is InChI=1S/C24H20BrN2.BrH/c1-17-6-13-21(14-7-17)27-23(19-8-11-20(25)12-9-19)16-26-22-5-3-2-4-18(22)10-15-24(26)27;/h2-9,11-14,16H,10,15H2,1H3;1H/q+1;. The lowest BCUT2D eigenvalue weighted by molar-refractivity contribution is -0.606. The van der Waals surface area contributed by atoms with Gasteiger partial charge < -0.3 is 0 Å². The van der Waals surface area contributed by atoms with Crippen molar-refractivity contribution in [3.05, 3.63) is 100 Å². The Hall–Kier alpha value is -2.17. The number of hydrogen-bond donors (Lipinski definition) is 0. The number of aryl methyl sites for hydroxylation is 2. The van der Waals surface area contributed by atoms with Crippen molar-refractivity contribution in [2.75, 3.05) is 0 Å². The van der Waals surface area contributed by atoms with Crippen LogP contribution >= 0.6 is 32.9 Å². The molecule has 0 radical (unpaired) electrons. The van der Waals surface area contributed by atoms with Crippen LogP contribution in [0, 0.1) is 6.92 Å². The number of benzene rings is 3. The SMILES string of the molecule is Br.Cc1ccc(-n2c(-c3ccc(Br)cc3)c[n+]3c2CCc2ccccc2-3)cc1. The van der Waals surface area contributed by atoms with E-state index in [2.05, 4.69) is 111 Å². The molecule has 28 heavy (non-hydrogen) atoms. The Bertz CT molecular complexity index is 1130. The molecule has 1 aliphatic heterocycles. The van der Waals surface area contributed by atoms with Crippen LogP contribution in [0.15, 0.2) is 83.5 Å². The molecule has 0 saturated heterocycles. The average Bonchev–Trinajstić information content (AvgIpc) is 3.09. The highest BCUT2D eigenvalue weighted by Crippen LogP contribution is 2.29. The summed E-state index contributed by atoms with van der Waals surface area (Å²) >= 11 is 3.56. The zero-order valence-electron chi connectivity index (χ0n) is 15.6. The van der Waals surface area contributed by atoms with Crippen molar-refractivity contribution >= 4 is 32.9 Å². The van der Waals surface area contributed by atoms with Gasteiger partial charge in [0.25, 0.3) is 5.82 Å². The molecular formula is C24H21Br2N2+. The largest absolute Gasteiger partial charge is 0.267 e. The third-order valence-electron chi connectivity index (χ3n) is 5.33. The molecule has 0 spiro atoms. The monoisotopic (exact) mass is 495 g/mol. The average molecular weight is 497 g/mol. The van der Waals surface area contributed by atoms with Gasteiger partial charge in [-0.25, -0.2) is 0 Å². The molecule has 0 N–H and O–H groups in total. The fourth-order valence-electron chi connectivity index (χ4n) is 3.95. The highest BCUT2D eigenvalue weighted by molar-refractivity contribution is 9.10. The minimum Gasteiger partial charge on any atom is -0.198 e. The summed E-state index contributed by atoms with van der Waals surface area (Å²) in [6.45, 7) is 2.13. The van der Waals surface area contributed by atoms with Crippen molar-refractivity contribution in [3.63, 3.8) is 0 Å². The van der Waals surface area contributed by atoms with Crippen LogP contribution in [-0.2, 0) is 12.8 Å². The van der Waals surface area contributed by atoms with Crippen LogP contribution in [0.4, 0.5) is 0 Å². The molecule has 4 aromatic rings. The van der Waals surface area contributed by atoms with Gasteiger partial charge in [-0.2, -0.15) is 9.13 Å². The lowest BCUT2D eigenvalue weighted by atomic mass is 10.0.